The maximum atomic E-state index is 12.9. The van der Waals surface area contributed by atoms with Crippen molar-refractivity contribution in [1.29, 1.82) is 0 Å². The summed E-state index contributed by atoms with van der Waals surface area (Å²) in [4.78, 5) is 7.36. The summed E-state index contributed by atoms with van der Waals surface area (Å²) in [6, 6.07) is 12.9. The molecule has 3 aromatic rings. The van der Waals surface area contributed by atoms with Gasteiger partial charge in [0.1, 0.15) is 0 Å². The van der Waals surface area contributed by atoms with Crippen molar-refractivity contribution in [1.82, 2.24) is 4.98 Å². The van der Waals surface area contributed by atoms with Crippen molar-refractivity contribution in [2.75, 3.05) is 18.0 Å². The Morgan fingerprint density at radius 2 is 1.72 bits per heavy atom. The van der Waals surface area contributed by atoms with Crippen LogP contribution in [0.4, 0.5) is 5.13 Å². The molecule has 4 rings (SSSR count). The average molecular weight is 447 g/mol. The fourth-order valence-corrected chi connectivity index (χ4v) is 6.36. The van der Waals surface area contributed by atoms with E-state index in [9.17, 15) is 8.42 Å². The Kier molecular flexibility index (Phi) is 5.69. The number of anilines is 1. The van der Waals surface area contributed by atoms with Crippen LogP contribution < -0.4 is 4.90 Å². The number of thiazole rings is 1. The number of sulfone groups is 1. The van der Waals surface area contributed by atoms with Crippen LogP contribution in [-0.2, 0) is 9.84 Å². The zero-order valence-electron chi connectivity index (χ0n) is 16.4. The third-order valence-electron chi connectivity index (χ3n) is 5.59. The van der Waals surface area contributed by atoms with Gasteiger partial charge >= 0.3 is 0 Å². The van der Waals surface area contributed by atoms with Crippen molar-refractivity contribution in [2.24, 2.45) is 0 Å². The second-order valence-electron chi connectivity index (χ2n) is 7.50. The SMILES string of the molecule is Cc1ccc(-c2csc(N3CCC(S(=O)(=O)c4ccc(Cl)cc4)CC3)n2)cc1C. The van der Waals surface area contributed by atoms with Crippen molar-refractivity contribution >= 4 is 37.9 Å². The highest BCUT2D eigenvalue weighted by Gasteiger charge is 2.32. The molecule has 152 valence electrons. The van der Waals surface area contributed by atoms with Gasteiger partial charge in [-0.1, -0.05) is 23.7 Å². The van der Waals surface area contributed by atoms with E-state index in [2.05, 4.69) is 42.3 Å². The lowest BCUT2D eigenvalue weighted by molar-refractivity contribution is 0.529. The van der Waals surface area contributed by atoms with Gasteiger partial charge in [-0.3, -0.25) is 0 Å². The molecule has 0 N–H and O–H groups in total. The van der Waals surface area contributed by atoms with E-state index in [0.29, 0.717) is 35.8 Å². The standard InChI is InChI=1S/C22H23ClN2O2S2/c1-15-3-4-17(13-16(15)2)21-14-28-22(24-21)25-11-9-20(10-12-25)29(26,27)19-7-5-18(23)6-8-19/h3-8,13-14,20H,9-12H2,1-2H3. The third-order valence-corrected chi connectivity index (χ3v) is 9.02. The summed E-state index contributed by atoms with van der Waals surface area (Å²) in [6.45, 7) is 5.60. The molecule has 29 heavy (non-hydrogen) atoms. The van der Waals surface area contributed by atoms with Crippen LogP contribution in [0, 0.1) is 13.8 Å². The summed E-state index contributed by atoms with van der Waals surface area (Å²) >= 11 is 7.51. The highest BCUT2D eigenvalue weighted by atomic mass is 35.5. The molecule has 0 aliphatic carbocycles. The van der Waals surface area contributed by atoms with E-state index >= 15 is 0 Å². The van der Waals surface area contributed by atoms with Gasteiger partial charge in [-0.25, -0.2) is 13.4 Å². The van der Waals surface area contributed by atoms with Crippen LogP contribution in [0.1, 0.15) is 24.0 Å². The molecule has 0 saturated carbocycles. The molecule has 7 heteroatoms. The van der Waals surface area contributed by atoms with Gasteiger partial charge in [0.05, 0.1) is 15.8 Å². The predicted octanol–water partition coefficient (Wildman–Crippen LogP) is 5.52. The summed E-state index contributed by atoms with van der Waals surface area (Å²) in [6.07, 6.45) is 1.20. The van der Waals surface area contributed by atoms with Gasteiger partial charge in [0.2, 0.25) is 0 Å². The van der Waals surface area contributed by atoms with Crippen LogP contribution in [0.2, 0.25) is 5.02 Å². The summed E-state index contributed by atoms with van der Waals surface area (Å²) in [5.41, 5.74) is 4.62. The third kappa shape index (κ3) is 4.20. The van der Waals surface area contributed by atoms with Crippen molar-refractivity contribution < 1.29 is 8.42 Å². The molecule has 0 bridgehead atoms. The number of hydrogen-bond donors (Lipinski definition) is 0. The van der Waals surface area contributed by atoms with E-state index in [-0.39, 0.29) is 5.25 Å². The molecule has 1 aromatic heterocycles. The molecule has 0 unspecified atom stereocenters. The topological polar surface area (TPSA) is 50.3 Å². The maximum Gasteiger partial charge on any atom is 0.185 e. The fraction of sp³-hybridized carbons (Fsp3) is 0.318. The van der Waals surface area contributed by atoms with Crippen LogP contribution in [0.25, 0.3) is 11.3 Å². The molecule has 0 spiro atoms. The Bertz CT molecular complexity index is 1120. The van der Waals surface area contributed by atoms with Gasteiger partial charge in [-0.05, 0) is 68.1 Å². The Morgan fingerprint density at radius 1 is 1.03 bits per heavy atom. The normalized spacial score (nSPS) is 15.6. The zero-order chi connectivity index (χ0) is 20.6. The number of rotatable bonds is 4. The minimum atomic E-state index is -3.33. The number of piperidine rings is 1. The summed E-state index contributed by atoms with van der Waals surface area (Å²) < 4.78 is 25.8. The first-order valence-electron chi connectivity index (χ1n) is 9.62. The van der Waals surface area contributed by atoms with E-state index in [1.807, 2.05) is 0 Å². The molecule has 2 heterocycles. The summed E-state index contributed by atoms with van der Waals surface area (Å²) in [5, 5.41) is 3.22. The number of aromatic nitrogens is 1. The Balaban J connectivity index is 1.45. The molecule has 0 amide bonds. The molecule has 1 aliphatic rings. The molecule has 1 fully saturated rings. The van der Waals surface area contributed by atoms with Gasteiger partial charge in [-0.2, -0.15) is 0 Å². The summed E-state index contributed by atoms with van der Waals surface area (Å²) in [5.74, 6) is 0. The summed E-state index contributed by atoms with van der Waals surface area (Å²) in [7, 11) is -3.33. The molecule has 2 aromatic carbocycles. The molecular formula is C22H23ClN2O2S2. The number of nitrogens with zero attached hydrogens (tertiary/aromatic N) is 2. The minimum Gasteiger partial charge on any atom is -0.348 e. The van der Waals surface area contributed by atoms with Crippen molar-refractivity contribution in [2.45, 2.75) is 36.8 Å². The Labute approximate surface area is 181 Å². The molecule has 1 saturated heterocycles. The lowest BCUT2D eigenvalue weighted by Crippen LogP contribution is -2.39. The molecule has 1 aliphatic heterocycles. The molecule has 0 atom stereocenters. The number of halogens is 1. The first kappa shape index (κ1) is 20.4. The van der Waals surface area contributed by atoms with E-state index in [1.54, 1.807) is 35.6 Å². The van der Waals surface area contributed by atoms with Crippen LogP contribution >= 0.6 is 22.9 Å². The first-order valence-corrected chi connectivity index (χ1v) is 12.4. The Hall–Kier alpha value is -1.89. The Morgan fingerprint density at radius 3 is 2.38 bits per heavy atom. The second kappa shape index (κ2) is 8.09. The monoisotopic (exact) mass is 446 g/mol. The van der Waals surface area contributed by atoms with Gasteiger partial charge in [0, 0.05) is 29.1 Å². The van der Waals surface area contributed by atoms with Gasteiger partial charge in [0.25, 0.3) is 0 Å². The van der Waals surface area contributed by atoms with E-state index < -0.39 is 9.84 Å². The van der Waals surface area contributed by atoms with E-state index in [4.69, 9.17) is 16.6 Å². The molecule has 0 radical (unpaired) electrons. The quantitative estimate of drug-likeness (QED) is 0.529. The van der Waals surface area contributed by atoms with Crippen molar-refractivity contribution in [3.8, 4) is 11.3 Å². The van der Waals surface area contributed by atoms with E-state index in [1.165, 1.54) is 11.1 Å². The second-order valence-corrected chi connectivity index (χ2v) is 11.0. The fourth-order valence-electron chi connectivity index (χ4n) is 3.62. The van der Waals surface area contributed by atoms with Crippen LogP contribution in [0.3, 0.4) is 0 Å². The molecule has 4 nitrogen and oxygen atoms in total. The van der Waals surface area contributed by atoms with Crippen LogP contribution in [0.5, 0.6) is 0 Å². The lowest BCUT2D eigenvalue weighted by Gasteiger charge is -2.31. The zero-order valence-corrected chi connectivity index (χ0v) is 18.8. The highest BCUT2D eigenvalue weighted by Crippen LogP contribution is 2.32. The first-order chi connectivity index (χ1) is 13.8. The van der Waals surface area contributed by atoms with Gasteiger partial charge in [0.15, 0.2) is 15.0 Å². The largest absolute Gasteiger partial charge is 0.348 e. The minimum absolute atomic E-state index is 0.353. The number of hydrogen-bond acceptors (Lipinski definition) is 5. The number of benzene rings is 2. The van der Waals surface area contributed by atoms with E-state index in [0.717, 1.165) is 16.4 Å². The van der Waals surface area contributed by atoms with Gasteiger partial charge in [-0.15, -0.1) is 11.3 Å². The number of aryl methyl sites for hydroxylation is 2. The van der Waals surface area contributed by atoms with Crippen LogP contribution in [0.15, 0.2) is 52.7 Å². The molecular weight excluding hydrogens is 424 g/mol. The van der Waals surface area contributed by atoms with Crippen molar-refractivity contribution in [3.05, 3.63) is 64.0 Å². The van der Waals surface area contributed by atoms with Crippen LogP contribution in [-0.4, -0.2) is 31.7 Å². The van der Waals surface area contributed by atoms with Gasteiger partial charge < -0.3 is 4.90 Å². The smallest absolute Gasteiger partial charge is 0.185 e. The lowest BCUT2D eigenvalue weighted by atomic mass is 10.1. The van der Waals surface area contributed by atoms with Crippen molar-refractivity contribution in [3.63, 3.8) is 0 Å². The predicted molar refractivity (Wildman–Crippen MR) is 121 cm³/mol. The maximum absolute atomic E-state index is 12.9. The highest BCUT2D eigenvalue weighted by molar-refractivity contribution is 7.92. The average Bonchev–Trinajstić information content (AvgIpc) is 3.21.